The normalized spacial score (nSPS) is 10.8. The fourth-order valence-corrected chi connectivity index (χ4v) is 3.61. The Morgan fingerprint density at radius 2 is 1.84 bits per heavy atom. The van der Waals surface area contributed by atoms with Crippen molar-refractivity contribution in [3.8, 4) is 21.8 Å². The minimum Gasteiger partial charge on any atom is -0.380 e. The Kier molecular flexibility index (Phi) is 3.47. The molecule has 0 aliphatic carbocycles. The van der Waals surface area contributed by atoms with E-state index in [9.17, 15) is 0 Å². The maximum absolute atomic E-state index is 5.94. The van der Waals surface area contributed by atoms with Gasteiger partial charge in [-0.2, -0.15) is 0 Å². The Hall–Kier alpha value is -1.11. The van der Waals surface area contributed by atoms with E-state index in [1.165, 1.54) is 0 Å². The average molecular weight is 400 g/mol. The SMILES string of the molecule is Nc1noc(-c2sccc2Br)c1-c1ccc(Br)cc1. The summed E-state index contributed by atoms with van der Waals surface area (Å²) in [6.07, 6.45) is 0. The number of thiophene rings is 1. The topological polar surface area (TPSA) is 52.0 Å². The van der Waals surface area contributed by atoms with Gasteiger partial charge in [0.15, 0.2) is 11.6 Å². The summed E-state index contributed by atoms with van der Waals surface area (Å²) in [5.41, 5.74) is 7.75. The molecule has 0 amide bonds. The van der Waals surface area contributed by atoms with E-state index in [1.807, 2.05) is 35.7 Å². The lowest BCUT2D eigenvalue weighted by Crippen LogP contribution is -1.88. The van der Waals surface area contributed by atoms with Gasteiger partial charge in [0.25, 0.3) is 0 Å². The van der Waals surface area contributed by atoms with E-state index in [0.29, 0.717) is 11.6 Å². The van der Waals surface area contributed by atoms with Crippen molar-refractivity contribution in [1.29, 1.82) is 0 Å². The van der Waals surface area contributed by atoms with Crippen LogP contribution in [0.25, 0.3) is 21.8 Å². The number of benzene rings is 1. The summed E-state index contributed by atoms with van der Waals surface area (Å²) in [7, 11) is 0. The Morgan fingerprint density at radius 3 is 2.47 bits per heavy atom. The number of nitrogens with two attached hydrogens (primary N) is 1. The molecule has 0 fully saturated rings. The van der Waals surface area contributed by atoms with Crippen molar-refractivity contribution in [3.63, 3.8) is 0 Å². The van der Waals surface area contributed by atoms with Crippen molar-refractivity contribution in [2.24, 2.45) is 0 Å². The van der Waals surface area contributed by atoms with Crippen LogP contribution in [0.5, 0.6) is 0 Å². The Bertz CT molecular complexity index is 719. The number of hydrogen-bond donors (Lipinski definition) is 1. The number of anilines is 1. The van der Waals surface area contributed by atoms with Gasteiger partial charge in [0, 0.05) is 8.95 Å². The molecule has 0 bridgehead atoms. The molecule has 2 aromatic heterocycles. The average Bonchev–Trinajstić information content (AvgIpc) is 2.97. The van der Waals surface area contributed by atoms with Crippen LogP contribution in [0.2, 0.25) is 0 Å². The molecule has 3 aromatic rings. The third-order valence-electron chi connectivity index (χ3n) is 2.67. The lowest BCUT2D eigenvalue weighted by Gasteiger charge is -2.02. The molecule has 3 rings (SSSR count). The van der Waals surface area contributed by atoms with Crippen LogP contribution in [0, 0.1) is 0 Å². The fourth-order valence-electron chi connectivity index (χ4n) is 1.81. The third kappa shape index (κ3) is 2.35. The summed E-state index contributed by atoms with van der Waals surface area (Å²) in [5.74, 6) is 1.10. The highest BCUT2D eigenvalue weighted by atomic mass is 79.9. The second kappa shape index (κ2) is 5.11. The van der Waals surface area contributed by atoms with Gasteiger partial charge in [-0.05, 0) is 45.1 Å². The van der Waals surface area contributed by atoms with E-state index in [-0.39, 0.29) is 0 Å². The van der Waals surface area contributed by atoms with Gasteiger partial charge < -0.3 is 10.3 Å². The van der Waals surface area contributed by atoms with Crippen LogP contribution < -0.4 is 5.73 Å². The zero-order chi connectivity index (χ0) is 13.4. The van der Waals surface area contributed by atoms with Crippen molar-refractivity contribution in [2.75, 3.05) is 5.73 Å². The van der Waals surface area contributed by atoms with Gasteiger partial charge >= 0.3 is 0 Å². The van der Waals surface area contributed by atoms with Crippen LogP contribution in [0.3, 0.4) is 0 Å². The summed E-state index contributed by atoms with van der Waals surface area (Å²) in [6, 6.07) is 9.88. The van der Waals surface area contributed by atoms with Gasteiger partial charge in [0.05, 0.1) is 10.4 Å². The molecule has 2 N–H and O–H groups in total. The third-order valence-corrected chi connectivity index (χ3v) is 5.04. The van der Waals surface area contributed by atoms with Gasteiger partial charge in [-0.15, -0.1) is 11.3 Å². The van der Waals surface area contributed by atoms with Crippen LogP contribution in [0.1, 0.15) is 0 Å². The van der Waals surface area contributed by atoms with Gasteiger partial charge in [0.1, 0.15) is 0 Å². The first kappa shape index (κ1) is 12.9. The molecular weight excluding hydrogens is 392 g/mol. The molecule has 0 saturated heterocycles. The summed E-state index contributed by atoms with van der Waals surface area (Å²) in [6.45, 7) is 0. The molecule has 1 aromatic carbocycles. The molecule has 0 aliphatic heterocycles. The van der Waals surface area contributed by atoms with E-state index in [0.717, 1.165) is 24.9 Å². The molecule has 0 spiro atoms. The maximum Gasteiger partial charge on any atom is 0.187 e. The zero-order valence-electron chi connectivity index (χ0n) is 9.56. The minimum atomic E-state index is 0.401. The highest BCUT2D eigenvalue weighted by Crippen LogP contribution is 2.42. The molecule has 0 aliphatic rings. The summed E-state index contributed by atoms with van der Waals surface area (Å²) in [5, 5.41) is 5.88. The molecule has 2 heterocycles. The second-order valence-corrected chi connectivity index (χ2v) is 6.56. The van der Waals surface area contributed by atoms with Crippen LogP contribution in [0.4, 0.5) is 5.82 Å². The maximum atomic E-state index is 5.94. The monoisotopic (exact) mass is 398 g/mol. The molecule has 0 unspecified atom stereocenters. The lowest BCUT2D eigenvalue weighted by molar-refractivity contribution is 0.437. The molecule has 0 atom stereocenters. The standard InChI is InChI=1S/C13H8Br2N2OS/c14-8-3-1-7(2-4-8)10-11(18-17-13(10)16)12-9(15)5-6-19-12/h1-6H,(H2,16,17). The van der Waals surface area contributed by atoms with E-state index in [1.54, 1.807) is 11.3 Å². The number of aromatic nitrogens is 1. The van der Waals surface area contributed by atoms with Crippen molar-refractivity contribution in [2.45, 2.75) is 0 Å². The first-order valence-electron chi connectivity index (χ1n) is 5.41. The highest BCUT2D eigenvalue weighted by molar-refractivity contribution is 9.10. The summed E-state index contributed by atoms with van der Waals surface area (Å²) in [4.78, 5) is 0.988. The van der Waals surface area contributed by atoms with Crippen LogP contribution >= 0.6 is 43.2 Å². The van der Waals surface area contributed by atoms with Crippen molar-refractivity contribution in [3.05, 3.63) is 44.7 Å². The molecule has 6 heteroatoms. The zero-order valence-corrected chi connectivity index (χ0v) is 13.5. The number of nitrogen functional groups attached to an aromatic ring is 1. The molecular formula is C13H8Br2N2OS. The second-order valence-electron chi connectivity index (χ2n) is 3.88. The van der Waals surface area contributed by atoms with Crippen LogP contribution in [-0.2, 0) is 0 Å². The molecule has 0 saturated carbocycles. The highest BCUT2D eigenvalue weighted by Gasteiger charge is 2.20. The fraction of sp³-hybridized carbons (Fsp3) is 0. The molecule has 19 heavy (non-hydrogen) atoms. The number of hydrogen-bond acceptors (Lipinski definition) is 4. The molecule has 3 nitrogen and oxygen atoms in total. The summed E-state index contributed by atoms with van der Waals surface area (Å²) < 4.78 is 7.40. The smallest absolute Gasteiger partial charge is 0.187 e. The number of rotatable bonds is 2. The Labute approximate surface area is 130 Å². The first-order chi connectivity index (χ1) is 9.16. The van der Waals surface area contributed by atoms with E-state index >= 15 is 0 Å². The quantitative estimate of drug-likeness (QED) is 0.645. The van der Waals surface area contributed by atoms with Crippen LogP contribution in [0.15, 0.2) is 49.2 Å². The Morgan fingerprint density at radius 1 is 1.11 bits per heavy atom. The van der Waals surface area contributed by atoms with Gasteiger partial charge in [-0.25, -0.2) is 0 Å². The van der Waals surface area contributed by atoms with Gasteiger partial charge in [-0.1, -0.05) is 33.2 Å². The van der Waals surface area contributed by atoms with Crippen LogP contribution in [-0.4, -0.2) is 5.16 Å². The first-order valence-corrected chi connectivity index (χ1v) is 7.88. The van der Waals surface area contributed by atoms with Crippen molar-refractivity contribution in [1.82, 2.24) is 5.16 Å². The number of halogens is 2. The van der Waals surface area contributed by atoms with Gasteiger partial charge in [0.2, 0.25) is 0 Å². The predicted octanol–water partition coefficient (Wildman–Crippen LogP) is 5.18. The van der Waals surface area contributed by atoms with Gasteiger partial charge in [-0.3, -0.25) is 0 Å². The minimum absolute atomic E-state index is 0.401. The predicted molar refractivity (Wildman–Crippen MR) is 85.1 cm³/mol. The Balaban J connectivity index is 2.19. The van der Waals surface area contributed by atoms with E-state index in [4.69, 9.17) is 10.3 Å². The number of nitrogens with zero attached hydrogens (tertiary/aromatic N) is 1. The molecule has 0 radical (unpaired) electrons. The van der Waals surface area contributed by atoms with E-state index in [2.05, 4.69) is 37.0 Å². The summed E-state index contributed by atoms with van der Waals surface area (Å²) >= 11 is 8.51. The largest absolute Gasteiger partial charge is 0.380 e. The lowest BCUT2D eigenvalue weighted by atomic mass is 10.1. The van der Waals surface area contributed by atoms with Crippen molar-refractivity contribution >= 4 is 49.0 Å². The molecule has 96 valence electrons. The van der Waals surface area contributed by atoms with Crippen molar-refractivity contribution < 1.29 is 4.52 Å². The van der Waals surface area contributed by atoms with E-state index < -0.39 is 0 Å².